The number of nitrogens with zero attached hydrogens (tertiary/aromatic N) is 1. The van der Waals surface area contributed by atoms with Crippen LogP contribution in [0.2, 0.25) is 0 Å². The molecule has 1 heterocycles. The SMILES string of the molecule is CS(=O)NC1COCCN(C(=O)C2CC2c2ccccc2-c2c(F)cccc2F)C1. The molecule has 8 heteroatoms. The van der Waals surface area contributed by atoms with Crippen molar-refractivity contribution < 1.29 is 22.5 Å². The van der Waals surface area contributed by atoms with Crippen LogP contribution in [-0.2, 0) is 20.5 Å². The molecule has 0 radical (unpaired) electrons. The van der Waals surface area contributed by atoms with E-state index in [0.29, 0.717) is 38.3 Å². The highest BCUT2D eigenvalue weighted by Crippen LogP contribution is 2.51. The maximum absolute atomic E-state index is 14.4. The highest BCUT2D eigenvalue weighted by Gasteiger charge is 2.47. The average molecular weight is 435 g/mol. The van der Waals surface area contributed by atoms with Gasteiger partial charge in [-0.3, -0.25) is 4.79 Å². The Morgan fingerprint density at radius 1 is 1.17 bits per heavy atom. The van der Waals surface area contributed by atoms with Crippen LogP contribution in [0.4, 0.5) is 8.78 Å². The van der Waals surface area contributed by atoms with E-state index in [4.69, 9.17) is 4.74 Å². The summed E-state index contributed by atoms with van der Waals surface area (Å²) in [5.41, 5.74) is 1.23. The zero-order chi connectivity index (χ0) is 21.3. The first-order valence-electron chi connectivity index (χ1n) is 9.95. The second-order valence-electron chi connectivity index (χ2n) is 7.76. The van der Waals surface area contributed by atoms with E-state index < -0.39 is 22.6 Å². The summed E-state index contributed by atoms with van der Waals surface area (Å²) >= 11 is 0. The molecule has 5 nitrogen and oxygen atoms in total. The lowest BCUT2D eigenvalue weighted by Gasteiger charge is -2.24. The maximum Gasteiger partial charge on any atom is 0.226 e. The number of halogens is 2. The summed E-state index contributed by atoms with van der Waals surface area (Å²) < 4.78 is 48.7. The van der Waals surface area contributed by atoms with Crippen molar-refractivity contribution in [1.29, 1.82) is 0 Å². The Bertz CT molecular complexity index is 951. The molecule has 1 saturated heterocycles. The minimum atomic E-state index is -1.20. The number of amides is 1. The largest absolute Gasteiger partial charge is 0.378 e. The molecule has 4 rings (SSSR count). The van der Waals surface area contributed by atoms with Crippen molar-refractivity contribution in [2.24, 2.45) is 5.92 Å². The van der Waals surface area contributed by atoms with Crippen molar-refractivity contribution in [3.63, 3.8) is 0 Å². The van der Waals surface area contributed by atoms with Crippen LogP contribution in [0.25, 0.3) is 11.1 Å². The summed E-state index contributed by atoms with van der Waals surface area (Å²) in [5, 5.41) is 0. The topological polar surface area (TPSA) is 58.6 Å². The molecule has 1 aliphatic heterocycles. The third kappa shape index (κ3) is 4.45. The van der Waals surface area contributed by atoms with Crippen molar-refractivity contribution >= 4 is 16.9 Å². The number of benzene rings is 2. The third-order valence-corrected chi connectivity index (χ3v) is 6.27. The van der Waals surface area contributed by atoms with E-state index >= 15 is 0 Å². The average Bonchev–Trinajstić information content (AvgIpc) is 3.52. The normalized spacial score (nSPS) is 24.9. The van der Waals surface area contributed by atoms with Crippen LogP contribution in [0.1, 0.15) is 17.9 Å². The molecule has 0 spiro atoms. The van der Waals surface area contributed by atoms with Gasteiger partial charge in [0.1, 0.15) is 11.6 Å². The van der Waals surface area contributed by atoms with Gasteiger partial charge in [-0.25, -0.2) is 17.7 Å². The Labute approximate surface area is 177 Å². The molecule has 2 aromatic rings. The van der Waals surface area contributed by atoms with Crippen LogP contribution in [0.5, 0.6) is 0 Å². The molecule has 0 aromatic heterocycles. The fourth-order valence-corrected chi connectivity index (χ4v) is 4.78. The zero-order valence-electron chi connectivity index (χ0n) is 16.6. The van der Waals surface area contributed by atoms with Gasteiger partial charge in [-0.2, -0.15) is 0 Å². The molecule has 1 aliphatic carbocycles. The molecule has 2 aromatic carbocycles. The number of carbonyl (C=O) groups excluding carboxylic acids is 1. The van der Waals surface area contributed by atoms with Crippen LogP contribution < -0.4 is 4.72 Å². The first kappa shape index (κ1) is 21.1. The number of carbonyl (C=O) groups is 1. The molecule has 30 heavy (non-hydrogen) atoms. The Kier molecular flexibility index (Phi) is 6.26. The molecular formula is C22H24F2N2O3S. The molecule has 1 N–H and O–H groups in total. The summed E-state index contributed by atoms with van der Waals surface area (Å²) in [6.07, 6.45) is 2.19. The van der Waals surface area contributed by atoms with Crippen LogP contribution in [0.15, 0.2) is 42.5 Å². The van der Waals surface area contributed by atoms with Crippen LogP contribution >= 0.6 is 0 Å². The molecule has 160 valence electrons. The van der Waals surface area contributed by atoms with Crippen molar-refractivity contribution in [1.82, 2.24) is 9.62 Å². The Morgan fingerprint density at radius 2 is 1.90 bits per heavy atom. The van der Waals surface area contributed by atoms with E-state index in [1.165, 1.54) is 18.2 Å². The Morgan fingerprint density at radius 3 is 2.63 bits per heavy atom. The van der Waals surface area contributed by atoms with Gasteiger partial charge in [-0.15, -0.1) is 0 Å². The fourth-order valence-electron chi connectivity index (χ4n) is 4.17. The van der Waals surface area contributed by atoms with E-state index in [1.54, 1.807) is 23.3 Å². The third-order valence-electron chi connectivity index (χ3n) is 5.61. The van der Waals surface area contributed by atoms with Crippen molar-refractivity contribution in [3.8, 4) is 11.1 Å². The predicted molar refractivity (Wildman–Crippen MR) is 111 cm³/mol. The second-order valence-corrected chi connectivity index (χ2v) is 8.90. The summed E-state index contributed by atoms with van der Waals surface area (Å²) in [6, 6.07) is 10.8. The highest BCUT2D eigenvalue weighted by molar-refractivity contribution is 7.82. The molecule has 4 unspecified atom stereocenters. The number of nitrogens with one attached hydrogen (secondary N) is 1. The second kappa shape index (κ2) is 8.91. The fraction of sp³-hybridized carbons (Fsp3) is 0.409. The monoisotopic (exact) mass is 434 g/mol. The molecule has 4 atom stereocenters. The lowest BCUT2D eigenvalue weighted by Crippen LogP contribution is -2.45. The van der Waals surface area contributed by atoms with Crippen LogP contribution in [0.3, 0.4) is 0 Å². The predicted octanol–water partition coefficient (Wildman–Crippen LogP) is 2.85. The quantitative estimate of drug-likeness (QED) is 0.787. The molecule has 1 saturated carbocycles. The minimum absolute atomic E-state index is 0.00277. The van der Waals surface area contributed by atoms with Crippen LogP contribution in [0, 0.1) is 17.6 Å². The van der Waals surface area contributed by atoms with Gasteiger partial charge in [0.2, 0.25) is 5.91 Å². The van der Waals surface area contributed by atoms with E-state index in [2.05, 4.69) is 4.72 Å². The zero-order valence-corrected chi connectivity index (χ0v) is 17.5. The molecule has 1 amide bonds. The summed E-state index contributed by atoms with van der Waals surface area (Å²) in [6.45, 7) is 1.72. The number of hydrogen-bond acceptors (Lipinski definition) is 3. The standard InChI is InChI=1S/C22H24F2N2O3S/c1-30(28)25-14-12-26(9-10-29-13-14)22(27)18-11-17(18)15-5-2-3-6-16(15)21-19(23)7-4-8-20(21)24/h2-8,14,17-18,25H,9-13H2,1H3. The number of rotatable bonds is 5. The number of hydrogen-bond donors (Lipinski definition) is 1. The van der Waals surface area contributed by atoms with Gasteiger partial charge in [0, 0.05) is 25.3 Å². The van der Waals surface area contributed by atoms with Gasteiger partial charge in [0.25, 0.3) is 0 Å². The number of ether oxygens (including phenoxy) is 1. The highest BCUT2D eigenvalue weighted by atomic mass is 32.2. The smallest absolute Gasteiger partial charge is 0.226 e. The van der Waals surface area contributed by atoms with Gasteiger partial charge < -0.3 is 9.64 Å². The minimum Gasteiger partial charge on any atom is -0.378 e. The summed E-state index contributed by atoms with van der Waals surface area (Å²) in [5.74, 6) is -1.53. The lowest BCUT2D eigenvalue weighted by molar-refractivity contribution is -0.132. The first-order chi connectivity index (χ1) is 14.5. The lowest BCUT2D eigenvalue weighted by atomic mass is 9.95. The maximum atomic E-state index is 14.4. The molecule has 0 bridgehead atoms. The molecular weight excluding hydrogens is 410 g/mol. The summed E-state index contributed by atoms with van der Waals surface area (Å²) in [4.78, 5) is 14.9. The molecule has 2 aliphatic rings. The van der Waals surface area contributed by atoms with Gasteiger partial charge >= 0.3 is 0 Å². The van der Waals surface area contributed by atoms with Crippen molar-refractivity contribution in [2.75, 3.05) is 32.6 Å². The van der Waals surface area contributed by atoms with Gasteiger partial charge in [-0.05, 0) is 35.6 Å². The van der Waals surface area contributed by atoms with Crippen molar-refractivity contribution in [2.45, 2.75) is 18.4 Å². The Hall–Kier alpha value is -2.16. The van der Waals surface area contributed by atoms with Gasteiger partial charge in [0.15, 0.2) is 0 Å². The van der Waals surface area contributed by atoms with E-state index in [1.807, 2.05) is 12.1 Å². The Balaban J connectivity index is 1.54. The molecule has 2 fully saturated rings. The van der Waals surface area contributed by atoms with E-state index in [9.17, 15) is 17.8 Å². The van der Waals surface area contributed by atoms with Gasteiger partial charge in [-0.1, -0.05) is 30.3 Å². The van der Waals surface area contributed by atoms with Gasteiger partial charge in [0.05, 0.1) is 35.8 Å². The first-order valence-corrected chi connectivity index (χ1v) is 11.5. The van der Waals surface area contributed by atoms with E-state index in [0.717, 1.165) is 5.56 Å². The summed E-state index contributed by atoms with van der Waals surface area (Å²) in [7, 11) is -1.20. The van der Waals surface area contributed by atoms with Crippen molar-refractivity contribution in [3.05, 3.63) is 59.7 Å². The van der Waals surface area contributed by atoms with E-state index in [-0.39, 0.29) is 29.3 Å². The van der Waals surface area contributed by atoms with Crippen LogP contribution in [-0.4, -0.2) is 53.6 Å².